The summed E-state index contributed by atoms with van der Waals surface area (Å²) in [4.78, 5) is 4.05. The van der Waals surface area contributed by atoms with Crippen molar-refractivity contribution < 1.29 is 8.78 Å². The molecule has 0 bridgehead atoms. The second-order valence-corrected chi connectivity index (χ2v) is 6.30. The lowest BCUT2D eigenvalue weighted by Crippen LogP contribution is -2.29. The molecule has 0 saturated heterocycles. The minimum Gasteiger partial charge on any atom is -0.368 e. The highest BCUT2D eigenvalue weighted by atomic mass is 19.1. The van der Waals surface area contributed by atoms with E-state index in [-0.39, 0.29) is 17.1 Å². The van der Waals surface area contributed by atoms with E-state index in [1.807, 2.05) is 6.92 Å². The van der Waals surface area contributed by atoms with Crippen LogP contribution in [0.15, 0.2) is 6.07 Å². The third-order valence-electron chi connectivity index (χ3n) is 4.22. The number of hydrogen-bond donors (Lipinski definition) is 2. The van der Waals surface area contributed by atoms with Gasteiger partial charge < -0.3 is 10.6 Å². The molecule has 0 spiro atoms. The van der Waals surface area contributed by atoms with Gasteiger partial charge in [0.05, 0.1) is 0 Å². The molecule has 1 saturated carbocycles. The number of nitrogens with zero attached hydrogens (tertiary/aromatic N) is 1. The minimum absolute atomic E-state index is 0.120. The number of hydrogen-bond acceptors (Lipinski definition) is 3. The third kappa shape index (κ3) is 4.29. The second-order valence-electron chi connectivity index (χ2n) is 6.30. The van der Waals surface area contributed by atoms with E-state index in [0.29, 0.717) is 13.1 Å². The lowest BCUT2D eigenvalue weighted by molar-refractivity contribution is 0.233. The molecule has 5 heteroatoms. The third-order valence-corrected chi connectivity index (χ3v) is 4.22. The monoisotopic (exact) mass is 297 g/mol. The normalized spacial score (nSPS) is 17.5. The average Bonchev–Trinajstić information content (AvgIpc) is 2.46. The molecule has 118 valence electrons. The first-order valence-corrected chi connectivity index (χ1v) is 7.88. The van der Waals surface area contributed by atoms with Gasteiger partial charge in [0, 0.05) is 19.2 Å². The van der Waals surface area contributed by atoms with Gasteiger partial charge in [-0.3, -0.25) is 0 Å². The first-order chi connectivity index (χ1) is 10.0. The Morgan fingerprint density at radius 3 is 2.33 bits per heavy atom. The predicted octanol–water partition coefficient (Wildman–Crippen LogP) is 4.56. The Bertz CT molecular complexity index is 471. The van der Waals surface area contributed by atoms with Crippen molar-refractivity contribution in [3.8, 4) is 0 Å². The van der Waals surface area contributed by atoms with E-state index in [2.05, 4.69) is 22.5 Å². The zero-order valence-electron chi connectivity index (χ0n) is 12.9. The smallest absolute Gasteiger partial charge is 0.168 e. The van der Waals surface area contributed by atoms with E-state index in [4.69, 9.17) is 0 Å². The Hall–Kier alpha value is -1.39. The Morgan fingerprint density at radius 2 is 1.71 bits per heavy atom. The standard InChI is InChI=1S/C16H25F2N3/c1-3-9-19-14-12(17)10-13(18)15(21-14)20-11-16(2)7-5-4-6-8-16/h10H,3-9,11H2,1-2H3,(H2,19,20,21). The van der Waals surface area contributed by atoms with Gasteiger partial charge in [-0.1, -0.05) is 33.1 Å². The zero-order valence-corrected chi connectivity index (χ0v) is 12.9. The minimum atomic E-state index is -0.643. The van der Waals surface area contributed by atoms with Gasteiger partial charge in [-0.25, -0.2) is 13.8 Å². The van der Waals surface area contributed by atoms with Crippen molar-refractivity contribution in [3.63, 3.8) is 0 Å². The molecule has 21 heavy (non-hydrogen) atoms. The molecule has 2 rings (SSSR count). The van der Waals surface area contributed by atoms with Gasteiger partial charge in [0.25, 0.3) is 0 Å². The Morgan fingerprint density at radius 1 is 1.10 bits per heavy atom. The fourth-order valence-electron chi connectivity index (χ4n) is 2.84. The van der Waals surface area contributed by atoms with Crippen LogP contribution in [0.2, 0.25) is 0 Å². The molecule has 0 radical (unpaired) electrons. The summed E-state index contributed by atoms with van der Waals surface area (Å²) in [7, 11) is 0. The summed E-state index contributed by atoms with van der Waals surface area (Å²) in [5.74, 6) is -1.01. The van der Waals surface area contributed by atoms with Crippen molar-refractivity contribution in [2.75, 3.05) is 23.7 Å². The van der Waals surface area contributed by atoms with Crippen LogP contribution in [0.5, 0.6) is 0 Å². The van der Waals surface area contributed by atoms with Crippen molar-refractivity contribution in [1.29, 1.82) is 0 Å². The van der Waals surface area contributed by atoms with Crippen LogP contribution in [0.3, 0.4) is 0 Å². The van der Waals surface area contributed by atoms with Crippen molar-refractivity contribution >= 4 is 11.6 Å². The molecule has 0 unspecified atom stereocenters. The van der Waals surface area contributed by atoms with Crippen molar-refractivity contribution in [1.82, 2.24) is 4.98 Å². The van der Waals surface area contributed by atoms with Crippen LogP contribution in [0.25, 0.3) is 0 Å². The molecular formula is C16H25F2N3. The van der Waals surface area contributed by atoms with Gasteiger partial charge in [-0.2, -0.15) is 0 Å². The van der Waals surface area contributed by atoms with Crippen LogP contribution < -0.4 is 10.6 Å². The lowest BCUT2D eigenvalue weighted by Gasteiger charge is -2.33. The molecule has 0 aliphatic heterocycles. The summed E-state index contributed by atoms with van der Waals surface area (Å²) in [5.41, 5.74) is 0.178. The SMILES string of the molecule is CCCNc1nc(NCC2(C)CCCCC2)c(F)cc1F. The molecule has 1 aliphatic carbocycles. The van der Waals surface area contributed by atoms with Gasteiger partial charge >= 0.3 is 0 Å². The number of aromatic nitrogens is 1. The topological polar surface area (TPSA) is 37.0 Å². The van der Waals surface area contributed by atoms with Gasteiger partial charge in [-0.15, -0.1) is 0 Å². The second kappa shape index (κ2) is 7.05. The van der Waals surface area contributed by atoms with Crippen LogP contribution >= 0.6 is 0 Å². The van der Waals surface area contributed by atoms with Crippen molar-refractivity contribution in [3.05, 3.63) is 17.7 Å². The Labute approximate surface area is 125 Å². The highest BCUT2D eigenvalue weighted by Crippen LogP contribution is 2.36. The lowest BCUT2D eigenvalue weighted by atomic mass is 9.76. The summed E-state index contributed by atoms with van der Waals surface area (Å²) in [6.45, 7) is 5.50. The molecule has 1 heterocycles. The largest absolute Gasteiger partial charge is 0.368 e. The highest BCUT2D eigenvalue weighted by Gasteiger charge is 2.27. The predicted molar refractivity (Wildman–Crippen MR) is 82.6 cm³/mol. The van der Waals surface area contributed by atoms with Crippen LogP contribution in [0, 0.1) is 17.0 Å². The first-order valence-electron chi connectivity index (χ1n) is 7.88. The van der Waals surface area contributed by atoms with E-state index in [9.17, 15) is 8.78 Å². The fraction of sp³-hybridized carbons (Fsp3) is 0.688. The first kappa shape index (κ1) is 16.0. The van der Waals surface area contributed by atoms with Gasteiger partial charge in [0.2, 0.25) is 0 Å². The molecule has 1 aliphatic rings. The quantitative estimate of drug-likeness (QED) is 0.808. The van der Waals surface area contributed by atoms with Crippen LogP contribution in [0.1, 0.15) is 52.4 Å². The van der Waals surface area contributed by atoms with E-state index < -0.39 is 11.6 Å². The van der Waals surface area contributed by atoms with Gasteiger partial charge in [0.1, 0.15) is 0 Å². The molecule has 1 aromatic rings. The fourth-order valence-corrected chi connectivity index (χ4v) is 2.84. The van der Waals surface area contributed by atoms with Crippen LogP contribution in [-0.4, -0.2) is 18.1 Å². The van der Waals surface area contributed by atoms with E-state index in [0.717, 1.165) is 25.3 Å². The maximum atomic E-state index is 13.8. The number of pyridine rings is 1. The maximum absolute atomic E-state index is 13.8. The average molecular weight is 297 g/mol. The van der Waals surface area contributed by atoms with E-state index in [1.165, 1.54) is 19.3 Å². The van der Waals surface area contributed by atoms with E-state index >= 15 is 0 Å². The maximum Gasteiger partial charge on any atom is 0.168 e. The number of rotatable bonds is 6. The molecule has 0 aromatic carbocycles. The van der Waals surface area contributed by atoms with Crippen LogP contribution in [-0.2, 0) is 0 Å². The summed E-state index contributed by atoms with van der Waals surface area (Å²) in [6.07, 6.45) is 6.87. The molecule has 3 nitrogen and oxygen atoms in total. The van der Waals surface area contributed by atoms with E-state index in [1.54, 1.807) is 0 Å². The Kier molecular flexibility index (Phi) is 5.37. The molecule has 1 aromatic heterocycles. The van der Waals surface area contributed by atoms with Crippen molar-refractivity contribution in [2.45, 2.75) is 52.4 Å². The number of halogens is 2. The highest BCUT2D eigenvalue weighted by molar-refractivity contribution is 5.47. The molecule has 1 fully saturated rings. The van der Waals surface area contributed by atoms with Gasteiger partial charge in [0.15, 0.2) is 23.3 Å². The summed E-state index contributed by atoms with van der Waals surface area (Å²) in [6, 6.07) is 0.899. The Balaban J connectivity index is 2.04. The summed E-state index contributed by atoms with van der Waals surface area (Å²) >= 11 is 0. The molecule has 0 amide bonds. The number of anilines is 2. The molecular weight excluding hydrogens is 272 g/mol. The molecule has 0 atom stereocenters. The van der Waals surface area contributed by atoms with Gasteiger partial charge in [-0.05, 0) is 24.7 Å². The molecule has 2 N–H and O–H groups in total. The van der Waals surface area contributed by atoms with Crippen molar-refractivity contribution in [2.24, 2.45) is 5.41 Å². The summed E-state index contributed by atoms with van der Waals surface area (Å²) < 4.78 is 27.5. The summed E-state index contributed by atoms with van der Waals surface area (Å²) in [5, 5.41) is 5.96. The zero-order chi connectivity index (χ0) is 15.3. The van der Waals surface area contributed by atoms with Crippen LogP contribution in [0.4, 0.5) is 20.4 Å². The number of nitrogens with one attached hydrogen (secondary N) is 2.